The van der Waals surface area contributed by atoms with Crippen molar-refractivity contribution in [3.8, 4) is 11.5 Å². The van der Waals surface area contributed by atoms with Crippen molar-refractivity contribution in [2.24, 2.45) is 0 Å². The first-order valence-electron chi connectivity index (χ1n) is 5.88. The third-order valence-electron chi connectivity index (χ3n) is 2.95. The van der Waals surface area contributed by atoms with Gasteiger partial charge in [-0.3, -0.25) is 0 Å². The lowest BCUT2D eigenvalue weighted by Gasteiger charge is -2.17. The number of hydrogen-bond donors (Lipinski definition) is 0. The average Bonchev–Trinajstić information content (AvgIpc) is 2.47. The van der Waals surface area contributed by atoms with Crippen LogP contribution in [0.25, 0.3) is 0 Å². The van der Waals surface area contributed by atoms with Gasteiger partial charge in [0.05, 0.1) is 19.6 Å². The summed E-state index contributed by atoms with van der Waals surface area (Å²) in [6.45, 7) is 0. The first-order valence-corrected chi connectivity index (χ1v) is 7.49. The zero-order chi connectivity index (χ0) is 14.7. The first-order chi connectivity index (χ1) is 9.58. The molecule has 0 spiro atoms. The van der Waals surface area contributed by atoms with E-state index in [2.05, 4.69) is 15.9 Å². The molecule has 2 aromatic rings. The molecule has 5 heteroatoms. The van der Waals surface area contributed by atoms with Crippen LogP contribution < -0.4 is 9.47 Å². The minimum atomic E-state index is -0.329. The van der Waals surface area contributed by atoms with Crippen LogP contribution in [0.1, 0.15) is 16.5 Å². The quantitative estimate of drug-likeness (QED) is 0.661. The van der Waals surface area contributed by atoms with Gasteiger partial charge in [0.15, 0.2) is 0 Å². The van der Waals surface area contributed by atoms with E-state index in [4.69, 9.17) is 32.7 Å². The zero-order valence-electron chi connectivity index (χ0n) is 11.0. The van der Waals surface area contributed by atoms with Crippen LogP contribution in [0.3, 0.4) is 0 Å². The molecule has 2 aromatic carbocycles. The lowest BCUT2D eigenvalue weighted by Crippen LogP contribution is -1.99. The fraction of sp³-hybridized carbons (Fsp3) is 0.200. The third kappa shape index (κ3) is 3.05. The van der Waals surface area contributed by atoms with Crippen molar-refractivity contribution >= 4 is 39.1 Å². The molecule has 0 N–H and O–H groups in total. The number of hydrogen-bond acceptors (Lipinski definition) is 2. The van der Waals surface area contributed by atoms with E-state index in [1.165, 1.54) is 0 Å². The summed E-state index contributed by atoms with van der Waals surface area (Å²) in [4.78, 5) is 0. The van der Waals surface area contributed by atoms with E-state index >= 15 is 0 Å². The molecule has 0 heterocycles. The SMILES string of the molecule is COc1ccc(C(Cl)c2ccc(Cl)cc2)c(OC)c1Br. The maximum absolute atomic E-state index is 6.55. The molecule has 0 aromatic heterocycles. The van der Waals surface area contributed by atoms with Crippen molar-refractivity contribution < 1.29 is 9.47 Å². The summed E-state index contributed by atoms with van der Waals surface area (Å²) in [5.41, 5.74) is 1.82. The van der Waals surface area contributed by atoms with Crippen molar-refractivity contribution in [3.63, 3.8) is 0 Å². The largest absolute Gasteiger partial charge is 0.495 e. The Balaban J connectivity index is 2.46. The van der Waals surface area contributed by atoms with Crippen LogP contribution in [0.4, 0.5) is 0 Å². The van der Waals surface area contributed by atoms with Crippen molar-refractivity contribution in [2.45, 2.75) is 5.38 Å². The van der Waals surface area contributed by atoms with E-state index in [-0.39, 0.29) is 5.38 Å². The fourth-order valence-electron chi connectivity index (χ4n) is 1.93. The van der Waals surface area contributed by atoms with Crippen LogP contribution in [0.2, 0.25) is 5.02 Å². The summed E-state index contributed by atoms with van der Waals surface area (Å²) in [5, 5.41) is 0.352. The highest BCUT2D eigenvalue weighted by atomic mass is 79.9. The van der Waals surface area contributed by atoms with Crippen molar-refractivity contribution in [1.29, 1.82) is 0 Å². The lowest BCUT2D eigenvalue weighted by molar-refractivity contribution is 0.386. The molecule has 0 aliphatic heterocycles. The zero-order valence-corrected chi connectivity index (χ0v) is 14.1. The molecule has 0 fully saturated rings. The summed E-state index contributed by atoms with van der Waals surface area (Å²) < 4.78 is 11.5. The molecule has 0 aliphatic carbocycles. The van der Waals surface area contributed by atoms with Gasteiger partial charge in [0, 0.05) is 10.6 Å². The Kier molecular flexibility index (Phi) is 5.19. The molecule has 0 saturated carbocycles. The van der Waals surface area contributed by atoms with Crippen molar-refractivity contribution in [2.75, 3.05) is 14.2 Å². The number of halogens is 3. The average molecular weight is 376 g/mol. The van der Waals surface area contributed by atoms with E-state index in [1.807, 2.05) is 36.4 Å². The highest BCUT2D eigenvalue weighted by Gasteiger charge is 2.20. The van der Waals surface area contributed by atoms with E-state index in [0.717, 1.165) is 15.6 Å². The summed E-state index contributed by atoms with van der Waals surface area (Å²) in [6, 6.07) is 11.2. The summed E-state index contributed by atoms with van der Waals surface area (Å²) >= 11 is 15.9. The standard InChI is InChI=1S/C15H13BrCl2O2/c1-19-12-8-7-11(15(20-2)13(12)16)14(18)9-3-5-10(17)6-4-9/h3-8,14H,1-2H3. The second-order valence-corrected chi connectivity index (χ2v) is 5.78. The van der Waals surface area contributed by atoms with Crippen molar-refractivity contribution in [1.82, 2.24) is 0 Å². The van der Waals surface area contributed by atoms with Gasteiger partial charge in [0.2, 0.25) is 0 Å². The molecule has 0 radical (unpaired) electrons. The van der Waals surface area contributed by atoms with Crippen LogP contribution in [-0.4, -0.2) is 14.2 Å². The predicted octanol–water partition coefficient (Wildman–Crippen LogP) is 5.45. The molecule has 20 heavy (non-hydrogen) atoms. The maximum atomic E-state index is 6.55. The van der Waals surface area contributed by atoms with Crippen LogP contribution in [0.15, 0.2) is 40.9 Å². The van der Waals surface area contributed by atoms with Crippen LogP contribution in [0, 0.1) is 0 Å². The van der Waals surface area contributed by atoms with E-state index < -0.39 is 0 Å². The van der Waals surface area contributed by atoms with E-state index in [0.29, 0.717) is 16.5 Å². The summed E-state index contributed by atoms with van der Waals surface area (Å²) in [5.74, 6) is 1.37. The van der Waals surface area contributed by atoms with Gasteiger partial charge >= 0.3 is 0 Å². The molecular formula is C15H13BrCl2O2. The summed E-state index contributed by atoms with van der Waals surface area (Å²) in [7, 11) is 3.21. The van der Waals surface area contributed by atoms with Crippen LogP contribution >= 0.6 is 39.1 Å². The smallest absolute Gasteiger partial charge is 0.141 e. The normalized spacial score (nSPS) is 12.1. The molecule has 106 valence electrons. The number of benzene rings is 2. The number of methoxy groups -OCH3 is 2. The number of ether oxygens (including phenoxy) is 2. The van der Waals surface area contributed by atoms with Crippen molar-refractivity contribution in [3.05, 3.63) is 57.0 Å². The molecule has 2 nitrogen and oxygen atoms in total. The number of rotatable bonds is 4. The topological polar surface area (TPSA) is 18.5 Å². The second-order valence-electron chi connectivity index (χ2n) is 4.12. The van der Waals surface area contributed by atoms with E-state index in [9.17, 15) is 0 Å². The van der Waals surface area contributed by atoms with Crippen LogP contribution in [0.5, 0.6) is 11.5 Å². The molecule has 2 rings (SSSR count). The maximum Gasteiger partial charge on any atom is 0.141 e. The minimum absolute atomic E-state index is 0.329. The van der Waals surface area contributed by atoms with Crippen LogP contribution in [-0.2, 0) is 0 Å². The first kappa shape index (κ1) is 15.5. The second kappa shape index (κ2) is 6.70. The molecule has 1 atom stereocenters. The highest BCUT2D eigenvalue weighted by Crippen LogP contribution is 2.43. The Morgan fingerprint density at radius 2 is 1.65 bits per heavy atom. The molecule has 0 bridgehead atoms. The van der Waals surface area contributed by atoms with Gasteiger partial charge in [0.25, 0.3) is 0 Å². The summed E-state index contributed by atoms with van der Waals surface area (Å²) in [6.07, 6.45) is 0. The minimum Gasteiger partial charge on any atom is -0.495 e. The molecule has 0 saturated heterocycles. The Hall–Kier alpha value is -0.900. The Labute approximate surface area is 136 Å². The molecule has 1 unspecified atom stereocenters. The lowest BCUT2D eigenvalue weighted by atomic mass is 10.0. The third-order valence-corrected chi connectivity index (χ3v) is 4.44. The monoisotopic (exact) mass is 374 g/mol. The highest BCUT2D eigenvalue weighted by molar-refractivity contribution is 9.10. The van der Waals surface area contributed by atoms with Gasteiger partial charge in [0.1, 0.15) is 16.0 Å². The van der Waals surface area contributed by atoms with Gasteiger partial charge in [-0.05, 0) is 45.8 Å². The van der Waals surface area contributed by atoms with Gasteiger partial charge in [-0.25, -0.2) is 0 Å². The molecular weight excluding hydrogens is 363 g/mol. The Bertz CT molecular complexity index is 600. The van der Waals surface area contributed by atoms with Gasteiger partial charge < -0.3 is 9.47 Å². The molecule has 0 aliphatic rings. The molecule has 0 amide bonds. The van der Waals surface area contributed by atoms with E-state index in [1.54, 1.807) is 14.2 Å². The fourth-order valence-corrected chi connectivity index (χ4v) is 3.06. The van der Waals surface area contributed by atoms with Gasteiger partial charge in [-0.15, -0.1) is 11.6 Å². The predicted molar refractivity (Wildman–Crippen MR) is 86.4 cm³/mol. The van der Waals surface area contributed by atoms with Gasteiger partial charge in [-0.1, -0.05) is 23.7 Å². The Morgan fingerprint density at radius 1 is 1.00 bits per heavy atom. The Morgan fingerprint density at radius 3 is 2.20 bits per heavy atom. The number of alkyl halides is 1. The van der Waals surface area contributed by atoms with Gasteiger partial charge in [-0.2, -0.15) is 0 Å².